The van der Waals surface area contributed by atoms with Gasteiger partial charge in [0.05, 0.1) is 10.5 Å². The molecule has 168 valence electrons. The van der Waals surface area contributed by atoms with Gasteiger partial charge in [-0.15, -0.1) is 0 Å². The maximum Gasteiger partial charge on any atom is 0.278 e. The molecule has 0 radical (unpaired) electrons. The Hall–Kier alpha value is -4.65. The standard InChI is InChI=1S/C27H22N4O3/c32-31(33)23-15-8-7-14-22(23)25-27(28-18-20-10-3-1-4-11-20)30-17-9-16-24(26(30)29-25)34-19-21-12-5-2-6-13-21/h1-17,28H,18-19H2. The van der Waals surface area contributed by atoms with E-state index in [-0.39, 0.29) is 10.6 Å². The molecule has 0 spiro atoms. The Balaban J connectivity index is 1.59. The molecule has 0 aliphatic heterocycles. The van der Waals surface area contributed by atoms with E-state index in [1.165, 1.54) is 6.07 Å². The smallest absolute Gasteiger partial charge is 0.278 e. The van der Waals surface area contributed by atoms with Crippen molar-refractivity contribution in [1.29, 1.82) is 0 Å². The molecule has 0 fully saturated rings. The summed E-state index contributed by atoms with van der Waals surface area (Å²) in [4.78, 5) is 16.2. The lowest BCUT2D eigenvalue weighted by Gasteiger charge is -2.10. The monoisotopic (exact) mass is 450 g/mol. The van der Waals surface area contributed by atoms with Gasteiger partial charge in [0.25, 0.3) is 5.69 Å². The number of fused-ring (bicyclic) bond motifs is 1. The van der Waals surface area contributed by atoms with Gasteiger partial charge in [0.1, 0.15) is 18.1 Å². The van der Waals surface area contributed by atoms with Gasteiger partial charge in [-0.1, -0.05) is 72.8 Å². The highest BCUT2D eigenvalue weighted by atomic mass is 16.6. The number of hydrogen-bond acceptors (Lipinski definition) is 5. The van der Waals surface area contributed by atoms with Crippen LogP contribution in [0, 0.1) is 10.1 Å². The Morgan fingerprint density at radius 1 is 0.853 bits per heavy atom. The number of nitro groups is 1. The molecule has 0 atom stereocenters. The molecular formula is C27H22N4O3. The summed E-state index contributed by atoms with van der Waals surface area (Å²) in [7, 11) is 0. The highest BCUT2D eigenvalue weighted by Gasteiger charge is 2.23. The normalized spacial score (nSPS) is 10.8. The summed E-state index contributed by atoms with van der Waals surface area (Å²) in [5, 5.41) is 15.2. The van der Waals surface area contributed by atoms with Gasteiger partial charge < -0.3 is 10.1 Å². The summed E-state index contributed by atoms with van der Waals surface area (Å²) >= 11 is 0. The van der Waals surface area contributed by atoms with Gasteiger partial charge in [-0.05, 0) is 29.3 Å². The number of para-hydroxylation sites is 1. The third kappa shape index (κ3) is 4.31. The van der Waals surface area contributed by atoms with E-state index in [1.54, 1.807) is 18.2 Å². The largest absolute Gasteiger partial charge is 0.485 e. The topological polar surface area (TPSA) is 81.7 Å². The molecule has 0 unspecified atom stereocenters. The summed E-state index contributed by atoms with van der Waals surface area (Å²) in [6, 6.07) is 30.2. The van der Waals surface area contributed by atoms with Crippen LogP contribution in [-0.2, 0) is 13.2 Å². The van der Waals surface area contributed by atoms with E-state index in [2.05, 4.69) is 5.32 Å². The highest BCUT2D eigenvalue weighted by Crippen LogP contribution is 2.37. The predicted molar refractivity (Wildman–Crippen MR) is 132 cm³/mol. The summed E-state index contributed by atoms with van der Waals surface area (Å²) < 4.78 is 7.99. The summed E-state index contributed by atoms with van der Waals surface area (Å²) in [6.45, 7) is 0.929. The van der Waals surface area contributed by atoms with Crippen LogP contribution in [-0.4, -0.2) is 14.3 Å². The minimum atomic E-state index is -0.382. The zero-order chi connectivity index (χ0) is 23.3. The SMILES string of the molecule is O=[N+]([O-])c1ccccc1-c1nc2c(OCc3ccccc3)cccn2c1NCc1ccccc1. The van der Waals surface area contributed by atoms with Gasteiger partial charge in [-0.2, -0.15) is 0 Å². The van der Waals surface area contributed by atoms with Gasteiger partial charge in [0.15, 0.2) is 11.4 Å². The number of nitrogens with zero attached hydrogens (tertiary/aromatic N) is 3. The second-order valence-electron chi connectivity index (χ2n) is 7.76. The lowest BCUT2D eigenvalue weighted by molar-refractivity contribution is -0.384. The van der Waals surface area contributed by atoms with E-state index in [0.29, 0.717) is 41.6 Å². The van der Waals surface area contributed by atoms with E-state index in [0.717, 1.165) is 11.1 Å². The fourth-order valence-electron chi connectivity index (χ4n) is 3.86. The van der Waals surface area contributed by atoms with Gasteiger partial charge in [-0.3, -0.25) is 14.5 Å². The van der Waals surface area contributed by atoms with E-state index in [1.807, 2.05) is 83.4 Å². The number of hydrogen-bond donors (Lipinski definition) is 1. The lowest BCUT2D eigenvalue weighted by atomic mass is 10.1. The van der Waals surface area contributed by atoms with Crippen LogP contribution in [0.15, 0.2) is 103 Å². The average molecular weight is 450 g/mol. The zero-order valence-corrected chi connectivity index (χ0v) is 18.3. The number of rotatable bonds is 8. The Kier molecular flexibility index (Phi) is 5.90. The third-order valence-corrected chi connectivity index (χ3v) is 5.51. The van der Waals surface area contributed by atoms with Crippen molar-refractivity contribution in [2.75, 3.05) is 5.32 Å². The quantitative estimate of drug-likeness (QED) is 0.228. The molecule has 0 aliphatic carbocycles. The molecular weight excluding hydrogens is 428 g/mol. The van der Waals surface area contributed by atoms with E-state index < -0.39 is 0 Å². The van der Waals surface area contributed by atoms with Crippen molar-refractivity contribution in [3.63, 3.8) is 0 Å². The lowest BCUT2D eigenvalue weighted by Crippen LogP contribution is -2.04. The maximum atomic E-state index is 11.8. The highest BCUT2D eigenvalue weighted by molar-refractivity contribution is 5.83. The summed E-state index contributed by atoms with van der Waals surface area (Å²) in [6.07, 6.45) is 1.88. The zero-order valence-electron chi connectivity index (χ0n) is 18.3. The van der Waals surface area contributed by atoms with Crippen LogP contribution < -0.4 is 10.1 Å². The van der Waals surface area contributed by atoms with Crippen LogP contribution in [0.4, 0.5) is 11.5 Å². The minimum Gasteiger partial charge on any atom is -0.485 e. The molecule has 1 N–H and O–H groups in total. The van der Waals surface area contributed by atoms with Crippen molar-refractivity contribution in [2.24, 2.45) is 0 Å². The van der Waals surface area contributed by atoms with Crippen molar-refractivity contribution in [3.8, 4) is 17.0 Å². The van der Waals surface area contributed by atoms with E-state index >= 15 is 0 Å². The number of anilines is 1. The second-order valence-corrected chi connectivity index (χ2v) is 7.76. The number of nitro benzene ring substituents is 1. The number of benzene rings is 3. The Morgan fingerprint density at radius 2 is 1.53 bits per heavy atom. The van der Waals surface area contributed by atoms with E-state index in [4.69, 9.17) is 9.72 Å². The number of pyridine rings is 1. The molecule has 34 heavy (non-hydrogen) atoms. The molecule has 0 saturated heterocycles. The fourth-order valence-corrected chi connectivity index (χ4v) is 3.86. The molecule has 0 bridgehead atoms. The Bertz CT molecular complexity index is 1430. The second kappa shape index (κ2) is 9.46. The molecule has 0 amide bonds. The van der Waals surface area contributed by atoms with Crippen LogP contribution in [0.3, 0.4) is 0 Å². The van der Waals surface area contributed by atoms with Crippen LogP contribution in [0.25, 0.3) is 16.9 Å². The molecule has 2 aromatic heterocycles. The predicted octanol–water partition coefficient (Wildman–Crippen LogP) is 6.10. The van der Waals surface area contributed by atoms with Gasteiger partial charge in [-0.25, -0.2) is 4.98 Å². The van der Waals surface area contributed by atoms with Crippen LogP contribution in [0.2, 0.25) is 0 Å². The number of imidazole rings is 1. The van der Waals surface area contributed by atoms with Crippen molar-refractivity contribution in [3.05, 3.63) is 124 Å². The van der Waals surface area contributed by atoms with E-state index in [9.17, 15) is 10.1 Å². The Labute approximate surface area is 196 Å². The van der Waals surface area contributed by atoms with Crippen molar-refractivity contribution in [2.45, 2.75) is 13.2 Å². The minimum absolute atomic E-state index is 0.000390. The van der Waals surface area contributed by atoms with Crippen LogP contribution >= 0.6 is 0 Å². The molecule has 0 saturated carbocycles. The maximum absolute atomic E-state index is 11.8. The molecule has 7 heteroatoms. The summed E-state index contributed by atoms with van der Waals surface area (Å²) in [5.74, 6) is 1.26. The number of aromatic nitrogens is 2. The third-order valence-electron chi connectivity index (χ3n) is 5.51. The van der Waals surface area contributed by atoms with Crippen LogP contribution in [0.1, 0.15) is 11.1 Å². The number of ether oxygens (including phenoxy) is 1. The van der Waals surface area contributed by atoms with Crippen molar-refractivity contribution >= 4 is 17.2 Å². The average Bonchev–Trinajstić information content (AvgIpc) is 3.26. The van der Waals surface area contributed by atoms with Gasteiger partial charge in [0, 0.05) is 18.8 Å². The van der Waals surface area contributed by atoms with Gasteiger partial charge in [0.2, 0.25) is 0 Å². The molecule has 0 aliphatic rings. The first-order chi connectivity index (χ1) is 16.7. The molecule has 7 nitrogen and oxygen atoms in total. The van der Waals surface area contributed by atoms with Crippen molar-refractivity contribution < 1.29 is 9.66 Å². The Morgan fingerprint density at radius 3 is 2.26 bits per heavy atom. The molecule has 3 aromatic carbocycles. The first-order valence-corrected chi connectivity index (χ1v) is 10.9. The fraction of sp³-hybridized carbons (Fsp3) is 0.0741. The first kappa shape index (κ1) is 21.2. The van der Waals surface area contributed by atoms with Crippen LogP contribution in [0.5, 0.6) is 5.75 Å². The van der Waals surface area contributed by atoms with Gasteiger partial charge >= 0.3 is 0 Å². The molecule has 2 heterocycles. The number of nitrogens with one attached hydrogen (secondary N) is 1. The molecule has 5 rings (SSSR count). The first-order valence-electron chi connectivity index (χ1n) is 10.9. The van der Waals surface area contributed by atoms with Crippen molar-refractivity contribution in [1.82, 2.24) is 9.38 Å². The summed E-state index contributed by atoms with van der Waals surface area (Å²) in [5.41, 5.74) is 3.65. The molecule has 5 aromatic rings.